The topological polar surface area (TPSA) is 0 Å². The van der Waals surface area contributed by atoms with Crippen LogP contribution in [-0.2, 0) is 45.6 Å². The summed E-state index contributed by atoms with van der Waals surface area (Å²) in [5.41, 5.74) is 9.98. The first-order valence-corrected chi connectivity index (χ1v) is 14.1. The molecule has 4 rings (SSSR count). The Kier molecular flexibility index (Phi) is 24.3. The van der Waals surface area contributed by atoms with Crippen molar-refractivity contribution in [2.75, 3.05) is 0 Å². The Bertz CT molecular complexity index is 957. The zero-order valence-electron chi connectivity index (χ0n) is 26.9. The van der Waals surface area contributed by atoms with Crippen molar-refractivity contribution >= 4 is 11.6 Å². The molecule has 0 bridgehead atoms. The van der Waals surface area contributed by atoms with Crippen LogP contribution >= 0.6 is 0 Å². The Hall–Kier alpha value is -1.37. The molecule has 0 radical (unpaired) electrons. The fourth-order valence-corrected chi connectivity index (χ4v) is 4.36. The third kappa shape index (κ3) is 11.8. The van der Waals surface area contributed by atoms with Gasteiger partial charge in [-0.05, 0) is 58.9 Å². The van der Waals surface area contributed by atoms with Crippen LogP contribution < -0.4 is 0 Å². The van der Waals surface area contributed by atoms with Crippen LogP contribution in [0.1, 0.15) is 109 Å². The Morgan fingerprint density at radius 2 is 1.45 bits per heavy atom. The van der Waals surface area contributed by atoms with E-state index in [9.17, 15) is 0 Å². The van der Waals surface area contributed by atoms with E-state index in [-0.39, 0.29) is 47.6 Å². The largest absolute Gasteiger partial charge is 3.00 e. The van der Waals surface area contributed by atoms with Crippen LogP contribution in [0.2, 0.25) is 0 Å². The molecule has 0 nitrogen and oxygen atoms in total. The molecule has 2 unspecified atom stereocenters. The van der Waals surface area contributed by atoms with Crippen LogP contribution in [0.4, 0.5) is 0 Å². The molecule has 2 aliphatic rings. The fourth-order valence-electron chi connectivity index (χ4n) is 4.36. The van der Waals surface area contributed by atoms with Gasteiger partial charge in [-0.15, -0.1) is 13.0 Å². The number of allylic oxidation sites excluding steroid dienone is 5. The third-order valence-corrected chi connectivity index (χ3v) is 6.83. The van der Waals surface area contributed by atoms with Crippen molar-refractivity contribution in [2.45, 2.75) is 94.4 Å². The predicted molar refractivity (Wildman–Crippen MR) is 174 cm³/mol. The molecule has 1 heteroatoms. The smallest absolute Gasteiger partial charge is 0.358 e. The van der Waals surface area contributed by atoms with Gasteiger partial charge in [-0.1, -0.05) is 123 Å². The molecule has 2 aromatic rings. The molecule has 0 aromatic heterocycles. The Morgan fingerprint density at radius 1 is 0.842 bits per heavy atom. The summed E-state index contributed by atoms with van der Waals surface area (Å²) in [4.78, 5) is 0. The molecule has 0 spiro atoms. The van der Waals surface area contributed by atoms with Gasteiger partial charge in [0.2, 0.25) is 0 Å². The minimum Gasteiger partial charge on any atom is -0.358 e. The van der Waals surface area contributed by atoms with Crippen molar-refractivity contribution in [2.24, 2.45) is 11.8 Å². The van der Waals surface area contributed by atoms with E-state index < -0.39 is 0 Å². The van der Waals surface area contributed by atoms with E-state index in [0.717, 1.165) is 24.7 Å². The van der Waals surface area contributed by atoms with Crippen LogP contribution in [0.25, 0.3) is 11.6 Å². The van der Waals surface area contributed by atoms with Crippen LogP contribution in [0, 0.1) is 33.1 Å². The second-order valence-corrected chi connectivity index (χ2v) is 9.15. The van der Waals surface area contributed by atoms with Gasteiger partial charge in [0, 0.05) is 5.92 Å². The van der Waals surface area contributed by atoms with Crippen LogP contribution in [-0.4, -0.2) is 0 Å². The van der Waals surface area contributed by atoms with Crippen molar-refractivity contribution in [1.82, 2.24) is 0 Å². The van der Waals surface area contributed by atoms with E-state index in [4.69, 9.17) is 0 Å². The third-order valence-electron chi connectivity index (χ3n) is 6.83. The molecule has 0 amide bonds. The molecule has 0 saturated heterocycles. The Morgan fingerprint density at radius 3 is 1.97 bits per heavy atom. The maximum Gasteiger partial charge on any atom is 3.00 e. The fraction of sp³-hybridized carbons (Fsp3) is 0.432. The zero-order valence-corrected chi connectivity index (χ0v) is 29.7. The summed E-state index contributed by atoms with van der Waals surface area (Å²) in [7, 11) is 0. The van der Waals surface area contributed by atoms with Crippen molar-refractivity contribution in [1.29, 1.82) is 0 Å². The quantitative estimate of drug-likeness (QED) is 0.294. The first-order chi connectivity index (χ1) is 17.0. The molecule has 0 N–H and O–H groups in total. The van der Waals surface area contributed by atoms with Gasteiger partial charge in [-0.2, -0.15) is 0 Å². The monoisotopic (exact) mass is 590 g/mol. The van der Waals surface area contributed by atoms with E-state index in [1.165, 1.54) is 45.4 Å². The van der Waals surface area contributed by atoms with Gasteiger partial charge in [-0.25, -0.2) is 18.1 Å². The summed E-state index contributed by atoms with van der Waals surface area (Å²) in [6.07, 6.45) is 14.8. The molecule has 2 atom stereocenters. The van der Waals surface area contributed by atoms with E-state index in [2.05, 4.69) is 101 Å². The second-order valence-electron chi connectivity index (χ2n) is 9.15. The van der Waals surface area contributed by atoms with Gasteiger partial charge in [-0.3, -0.25) is 0 Å². The maximum atomic E-state index is 2.41. The molecule has 0 fully saturated rings. The normalized spacial score (nSPS) is 15.0. The molecular formula is C37H57Y. The maximum absolute atomic E-state index is 2.41. The van der Waals surface area contributed by atoms with Crippen LogP contribution in [0.15, 0.2) is 66.3 Å². The average molecular weight is 591 g/mol. The minimum atomic E-state index is 0. The van der Waals surface area contributed by atoms with E-state index in [1.54, 1.807) is 0 Å². The Balaban J connectivity index is -0.00000127. The average Bonchev–Trinajstić information content (AvgIpc) is 3.41. The number of benzene rings is 2. The molecule has 208 valence electrons. The first kappa shape index (κ1) is 41.1. The van der Waals surface area contributed by atoms with Crippen molar-refractivity contribution in [3.63, 3.8) is 0 Å². The van der Waals surface area contributed by atoms with Crippen LogP contribution in [0.3, 0.4) is 0 Å². The van der Waals surface area contributed by atoms with Gasteiger partial charge >= 0.3 is 32.7 Å². The predicted octanol–water partition coefficient (Wildman–Crippen LogP) is 11.8. The number of hydrogen-bond donors (Lipinski definition) is 0. The molecule has 0 heterocycles. The zero-order chi connectivity index (χ0) is 26.4. The summed E-state index contributed by atoms with van der Waals surface area (Å²) in [5, 5.41) is 0. The van der Waals surface area contributed by atoms with E-state index in [0.29, 0.717) is 5.92 Å². The summed E-state index contributed by atoms with van der Waals surface area (Å²) in [5.74, 6) is 1.94. The number of hydrogen-bond acceptors (Lipinski definition) is 0. The molecule has 38 heavy (non-hydrogen) atoms. The molecule has 2 aromatic carbocycles. The summed E-state index contributed by atoms with van der Waals surface area (Å²) < 4.78 is 0. The van der Waals surface area contributed by atoms with Gasteiger partial charge < -0.3 is 14.9 Å². The van der Waals surface area contributed by atoms with E-state index >= 15 is 0 Å². The second kappa shape index (κ2) is 22.5. The molecule has 0 aliphatic heterocycles. The van der Waals surface area contributed by atoms with Crippen molar-refractivity contribution in [3.05, 3.63) is 115 Å². The van der Waals surface area contributed by atoms with E-state index in [1.807, 2.05) is 41.5 Å². The molecule has 0 saturated carbocycles. The van der Waals surface area contributed by atoms with Crippen LogP contribution in [0.5, 0.6) is 0 Å². The first-order valence-electron chi connectivity index (χ1n) is 14.1. The minimum absolute atomic E-state index is 0. The van der Waals surface area contributed by atoms with Crippen molar-refractivity contribution in [3.8, 4) is 0 Å². The van der Waals surface area contributed by atoms with Gasteiger partial charge in [0.15, 0.2) is 0 Å². The summed E-state index contributed by atoms with van der Waals surface area (Å²) in [6.45, 7) is 21.1. The standard InChI is InChI=1S/C29H33.3C2H6.2CH3.Y/c1-5-22-6-8-26(17-22)24-10-12-25(13-11-24)28-15-14-27-18-23(7-9-29(27)19-28)16-21(4)20(2)3;3*1-2;;;/h5-15,18,20-21,28H,16-17,19H2,1-4H3;3*1-2H3;2*1H3;/q-1;;;;2*-1;+3. The van der Waals surface area contributed by atoms with Gasteiger partial charge in [0.25, 0.3) is 0 Å². The number of rotatable bonds is 6. The van der Waals surface area contributed by atoms with Crippen molar-refractivity contribution < 1.29 is 32.7 Å². The van der Waals surface area contributed by atoms with Gasteiger partial charge in [0.05, 0.1) is 0 Å². The molecule has 2 aliphatic carbocycles. The summed E-state index contributed by atoms with van der Waals surface area (Å²) in [6, 6.07) is 16.4. The molecular weight excluding hydrogens is 533 g/mol. The Labute approximate surface area is 264 Å². The summed E-state index contributed by atoms with van der Waals surface area (Å²) >= 11 is 0. The van der Waals surface area contributed by atoms with Gasteiger partial charge in [0.1, 0.15) is 0 Å². The SMILES string of the molecule is CC.CC.CC.C[CH-]C1=CC=C(c2ccc(C3C=Cc4cc(CC(C)C(C)C)ccc4C3)cc2)C1.[CH3-].[CH3-].[Y+3]. The number of fused-ring (bicyclic) bond motifs is 1.